The average Bonchev–Trinajstić information content (AvgIpc) is 2.86. The van der Waals surface area contributed by atoms with Crippen molar-refractivity contribution in [1.82, 2.24) is 5.32 Å². The van der Waals surface area contributed by atoms with Gasteiger partial charge in [-0.3, -0.25) is 9.36 Å². The fourth-order valence-corrected chi connectivity index (χ4v) is 6.02. The van der Waals surface area contributed by atoms with Gasteiger partial charge in [0.1, 0.15) is 13.2 Å². The van der Waals surface area contributed by atoms with Gasteiger partial charge in [-0.1, -0.05) is 110 Å². The molecule has 1 amide bonds. The van der Waals surface area contributed by atoms with Gasteiger partial charge in [0.15, 0.2) is 0 Å². The van der Waals surface area contributed by atoms with E-state index in [1.165, 1.54) is 83.5 Å². The number of hydrogen-bond donors (Lipinski definition) is 1. The number of carbonyl (C=O) groups excluding carboxylic acids is 1. The van der Waals surface area contributed by atoms with Gasteiger partial charge >= 0.3 is 0 Å². The van der Waals surface area contributed by atoms with Crippen molar-refractivity contribution >= 4 is 25.5 Å². The first-order valence-electron chi connectivity index (χ1n) is 15.9. The van der Waals surface area contributed by atoms with Crippen molar-refractivity contribution in [2.24, 2.45) is 0 Å². The molecule has 0 aromatic heterocycles. The number of thioether (sulfide) groups is 1. The molecule has 0 heterocycles. The zero-order chi connectivity index (χ0) is 29.2. The van der Waals surface area contributed by atoms with Gasteiger partial charge in [-0.2, -0.15) is 11.8 Å². The Balaban J connectivity index is 4.09. The molecule has 0 fully saturated rings. The van der Waals surface area contributed by atoms with Crippen molar-refractivity contribution in [1.29, 1.82) is 0 Å². The van der Waals surface area contributed by atoms with Crippen LogP contribution in [-0.2, 0) is 18.4 Å². The van der Waals surface area contributed by atoms with Crippen LogP contribution in [0.3, 0.4) is 0 Å². The lowest BCUT2D eigenvalue weighted by atomic mass is 10.0. The summed E-state index contributed by atoms with van der Waals surface area (Å²) in [5.41, 5.74) is 0. The van der Waals surface area contributed by atoms with E-state index in [2.05, 4.69) is 19.2 Å². The third-order valence-electron chi connectivity index (χ3n) is 6.78. The van der Waals surface area contributed by atoms with Gasteiger partial charge in [-0.05, 0) is 18.6 Å². The smallest absolute Gasteiger partial charge is 0.268 e. The van der Waals surface area contributed by atoms with E-state index >= 15 is 0 Å². The first-order chi connectivity index (χ1) is 18.6. The molecule has 1 unspecified atom stereocenters. The maximum Gasteiger partial charge on any atom is 0.268 e. The number of nitrogens with one attached hydrogen (secondary N) is 1. The number of amides is 1. The third-order valence-corrected chi connectivity index (χ3v) is 8.96. The van der Waals surface area contributed by atoms with E-state index in [1.807, 2.05) is 21.1 Å². The van der Waals surface area contributed by atoms with E-state index in [9.17, 15) is 14.3 Å². The van der Waals surface area contributed by atoms with E-state index in [1.54, 1.807) is 11.8 Å². The molecule has 0 saturated heterocycles. The van der Waals surface area contributed by atoms with Crippen molar-refractivity contribution in [3.63, 3.8) is 0 Å². The van der Waals surface area contributed by atoms with E-state index in [0.29, 0.717) is 23.2 Å². The summed E-state index contributed by atoms with van der Waals surface area (Å²) in [6.07, 6.45) is 22.2. The summed E-state index contributed by atoms with van der Waals surface area (Å²) in [6.45, 7) is 4.92. The quantitative estimate of drug-likeness (QED) is 0.0549. The lowest BCUT2D eigenvalue weighted by molar-refractivity contribution is -0.870. The summed E-state index contributed by atoms with van der Waals surface area (Å²) in [7, 11) is 1.52. The zero-order valence-electron chi connectivity index (χ0n) is 26.2. The Hall–Kier alpha value is -0.110. The number of carbonyl (C=O) groups is 1. The second-order valence-corrected chi connectivity index (χ2v) is 14.5. The summed E-state index contributed by atoms with van der Waals surface area (Å²) in [5, 5.41) is 2.98. The first kappa shape index (κ1) is 38.9. The summed E-state index contributed by atoms with van der Waals surface area (Å²) in [4.78, 5) is 24.5. The molecule has 7 nitrogen and oxygen atoms in total. The van der Waals surface area contributed by atoms with Crippen LogP contribution in [0.5, 0.6) is 0 Å². The standard InChI is InChI=1S/C30H63N2O5PS/c1-6-8-10-11-12-13-14-15-16-17-18-19-20-22-26-39-28-29(31-30(33)23-21-9-7-2)27-37-38(34,35)36-25-24-32(3,4)5/h29H,6-28H2,1-5H3,(H-,31,33,34,35)/t29-/m0/s1. The van der Waals surface area contributed by atoms with Gasteiger partial charge in [-0.25, -0.2) is 0 Å². The van der Waals surface area contributed by atoms with Gasteiger partial charge in [0, 0.05) is 12.2 Å². The molecule has 0 spiro atoms. The Kier molecular flexibility index (Phi) is 25.5. The largest absolute Gasteiger partial charge is 0.756 e. The fourth-order valence-electron chi connectivity index (χ4n) is 4.24. The molecule has 234 valence electrons. The number of nitrogens with zero attached hydrogens (tertiary/aromatic N) is 1. The van der Waals surface area contributed by atoms with Crippen LogP contribution in [0.1, 0.15) is 129 Å². The van der Waals surface area contributed by atoms with Crippen LogP contribution in [0.15, 0.2) is 0 Å². The fraction of sp³-hybridized carbons (Fsp3) is 0.967. The normalized spacial score (nSPS) is 14.3. The molecule has 2 atom stereocenters. The maximum atomic E-state index is 12.4. The lowest BCUT2D eigenvalue weighted by Crippen LogP contribution is -2.40. The second kappa shape index (κ2) is 25.6. The van der Waals surface area contributed by atoms with Crippen molar-refractivity contribution in [3.05, 3.63) is 0 Å². The van der Waals surface area contributed by atoms with E-state index in [-0.39, 0.29) is 25.2 Å². The molecule has 0 aromatic rings. The highest BCUT2D eigenvalue weighted by Crippen LogP contribution is 2.38. The van der Waals surface area contributed by atoms with Crippen LogP contribution < -0.4 is 10.2 Å². The highest BCUT2D eigenvalue weighted by Gasteiger charge is 2.18. The Labute approximate surface area is 246 Å². The molecule has 0 aliphatic carbocycles. The molecule has 39 heavy (non-hydrogen) atoms. The van der Waals surface area contributed by atoms with Gasteiger partial charge in [0.2, 0.25) is 5.91 Å². The van der Waals surface area contributed by atoms with Gasteiger partial charge in [0.05, 0.1) is 33.8 Å². The highest BCUT2D eigenvalue weighted by atomic mass is 32.2. The Morgan fingerprint density at radius 1 is 0.795 bits per heavy atom. The van der Waals surface area contributed by atoms with Crippen LogP contribution in [0.4, 0.5) is 0 Å². The molecular weight excluding hydrogens is 531 g/mol. The van der Waals surface area contributed by atoms with Gasteiger partial charge in [0.25, 0.3) is 7.82 Å². The number of likely N-dealkylation sites (N-methyl/N-ethyl adjacent to an activating group) is 1. The van der Waals surface area contributed by atoms with E-state index < -0.39 is 7.82 Å². The number of quaternary nitrogens is 1. The van der Waals surface area contributed by atoms with Gasteiger partial charge in [-0.15, -0.1) is 0 Å². The zero-order valence-corrected chi connectivity index (χ0v) is 27.9. The van der Waals surface area contributed by atoms with Crippen molar-refractivity contribution in [2.45, 2.75) is 135 Å². The van der Waals surface area contributed by atoms with Crippen molar-refractivity contribution in [2.75, 3.05) is 52.4 Å². The average molecular weight is 595 g/mol. The van der Waals surface area contributed by atoms with Crippen molar-refractivity contribution < 1.29 is 27.8 Å². The number of unbranched alkanes of at least 4 members (excludes halogenated alkanes) is 15. The van der Waals surface area contributed by atoms with Crippen LogP contribution in [0.25, 0.3) is 0 Å². The molecule has 0 aromatic carbocycles. The Morgan fingerprint density at radius 2 is 1.28 bits per heavy atom. The number of phosphoric acid groups is 1. The molecular formula is C30H63N2O5PS. The van der Waals surface area contributed by atoms with E-state index in [4.69, 9.17) is 9.05 Å². The molecule has 0 radical (unpaired) electrons. The predicted molar refractivity (Wildman–Crippen MR) is 166 cm³/mol. The summed E-state index contributed by atoms with van der Waals surface area (Å²) < 4.78 is 23.0. The van der Waals surface area contributed by atoms with Crippen molar-refractivity contribution in [3.8, 4) is 0 Å². The summed E-state index contributed by atoms with van der Waals surface area (Å²) in [5.74, 6) is 1.60. The molecule has 0 bridgehead atoms. The lowest BCUT2D eigenvalue weighted by Gasteiger charge is -2.28. The SMILES string of the molecule is CCCCCCCCCCCCCCCCSC[C@H](COP(=O)([O-])OCC[N+](C)(C)C)NC(=O)CCCCC. The number of phosphoric ester groups is 1. The van der Waals surface area contributed by atoms with E-state index in [0.717, 1.165) is 31.4 Å². The van der Waals surface area contributed by atoms with Crippen LogP contribution >= 0.6 is 19.6 Å². The minimum absolute atomic E-state index is 0.0409. The summed E-state index contributed by atoms with van der Waals surface area (Å²) in [6, 6.07) is -0.347. The first-order valence-corrected chi connectivity index (χ1v) is 18.5. The monoisotopic (exact) mass is 594 g/mol. The minimum atomic E-state index is -4.40. The second-order valence-electron chi connectivity index (χ2n) is 12.0. The van der Waals surface area contributed by atoms with Crippen LogP contribution in [0, 0.1) is 0 Å². The van der Waals surface area contributed by atoms with Crippen LogP contribution in [0.2, 0.25) is 0 Å². The maximum absolute atomic E-state index is 12.4. The Morgan fingerprint density at radius 3 is 1.79 bits per heavy atom. The molecule has 0 aliphatic rings. The highest BCUT2D eigenvalue weighted by molar-refractivity contribution is 7.99. The van der Waals surface area contributed by atoms with Crippen LogP contribution in [-0.4, -0.2) is 68.8 Å². The molecule has 9 heteroatoms. The number of hydrogen-bond acceptors (Lipinski definition) is 6. The molecule has 0 rings (SSSR count). The third kappa shape index (κ3) is 29.2. The molecule has 0 aliphatic heterocycles. The van der Waals surface area contributed by atoms with Gasteiger partial charge < -0.3 is 23.7 Å². The molecule has 0 saturated carbocycles. The topological polar surface area (TPSA) is 87.7 Å². The minimum Gasteiger partial charge on any atom is -0.756 e. The number of rotatable bonds is 29. The Bertz CT molecular complexity index is 619. The molecule has 1 N–H and O–H groups in total. The summed E-state index contributed by atoms with van der Waals surface area (Å²) >= 11 is 1.76. The predicted octanol–water partition coefficient (Wildman–Crippen LogP) is 7.47.